The molecule has 1 aliphatic rings. The van der Waals surface area contributed by atoms with Crippen LogP contribution in [0, 0.1) is 5.92 Å². The Labute approximate surface area is 114 Å². The van der Waals surface area contributed by atoms with E-state index >= 15 is 0 Å². The van der Waals surface area contributed by atoms with Gasteiger partial charge < -0.3 is 15.5 Å². The fraction of sp³-hybridized carbons (Fsp3) is 0.583. The fourth-order valence-electron chi connectivity index (χ4n) is 1.64. The maximum absolute atomic E-state index is 12.7. The Morgan fingerprint density at radius 1 is 1.30 bits per heavy atom. The van der Waals surface area contributed by atoms with Crippen LogP contribution in [-0.2, 0) is 10.9 Å². The summed E-state index contributed by atoms with van der Waals surface area (Å²) in [4.78, 5) is 3.91. The number of hydrogen-bond acceptors (Lipinski definition) is 5. The monoisotopic (exact) mass is 290 g/mol. The van der Waals surface area contributed by atoms with Gasteiger partial charge in [0.05, 0.1) is 12.2 Å². The van der Waals surface area contributed by atoms with E-state index in [2.05, 4.69) is 15.7 Å². The van der Waals surface area contributed by atoms with Crippen molar-refractivity contribution < 1.29 is 17.9 Å². The number of nitrogen functional groups attached to an aromatic ring is 1. The molecule has 1 aromatic rings. The van der Waals surface area contributed by atoms with Crippen LogP contribution in [0.1, 0.15) is 18.4 Å². The SMILES string of the molecule is NNc1cc(C(F)(F)F)cc(NCCOCC2CC2)n1. The summed E-state index contributed by atoms with van der Waals surface area (Å²) in [6, 6.07) is 1.80. The van der Waals surface area contributed by atoms with Crippen molar-refractivity contribution in [3.05, 3.63) is 17.7 Å². The molecular formula is C12H17F3N4O. The predicted molar refractivity (Wildman–Crippen MR) is 69.1 cm³/mol. The van der Waals surface area contributed by atoms with Crippen LogP contribution >= 0.6 is 0 Å². The number of nitrogens with two attached hydrogens (primary N) is 1. The molecule has 0 amide bonds. The average molecular weight is 290 g/mol. The fourth-order valence-corrected chi connectivity index (χ4v) is 1.64. The Kier molecular flexibility index (Phi) is 4.66. The molecular weight excluding hydrogens is 273 g/mol. The number of rotatable bonds is 7. The minimum absolute atomic E-state index is 0.0405. The average Bonchev–Trinajstić information content (AvgIpc) is 3.21. The summed E-state index contributed by atoms with van der Waals surface area (Å²) >= 11 is 0. The molecule has 0 bridgehead atoms. The van der Waals surface area contributed by atoms with E-state index in [-0.39, 0.29) is 11.6 Å². The van der Waals surface area contributed by atoms with Gasteiger partial charge in [-0.05, 0) is 30.9 Å². The highest BCUT2D eigenvalue weighted by Crippen LogP contribution is 2.32. The molecule has 8 heteroatoms. The Morgan fingerprint density at radius 3 is 2.60 bits per heavy atom. The number of hydrogen-bond donors (Lipinski definition) is 3. The Morgan fingerprint density at radius 2 is 2.00 bits per heavy atom. The van der Waals surface area contributed by atoms with Gasteiger partial charge in [-0.2, -0.15) is 13.2 Å². The van der Waals surface area contributed by atoms with Crippen LogP contribution in [-0.4, -0.2) is 24.7 Å². The lowest BCUT2D eigenvalue weighted by Gasteiger charge is -2.12. The van der Waals surface area contributed by atoms with E-state index < -0.39 is 11.7 Å². The number of aromatic nitrogens is 1. The second-order valence-electron chi connectivity index (χ2n) is 4.71. The third-order valence-corrected chi connectivity index (χ3v) is 2.90. The topological polar surface area (TPSA) is 72.2 Å². The largest absolute Gasteiger partial charge is 0.416 e. The number of anilines is 2. The number of halogens is 3. The van der Waals surface area contributed by atoms with Crippen molar-refractivity contribution in [1.82, 2.24) is 4.98 Å². The first kappa shape index (κ1) is 14.9. The van der Waals surface area contributed by atoms with E-state index in [9.17, 15) is 13.2 Å². The van der Waals surface area contributed by atoms with Crippen LogP contribution in [0.4, 0.5) is 24.8 Å². The van der Waals surface area contributed by atoms with Gasteiger partial charge in [0.1, 0.15) is 11.6 Å². The minimum atomic E-state index is -4.44. The van der Waals surface area contributed by atoms with Crippen LogP contribution < -0.4 is 16.6 Å². The van der Waals surface area contributed by atoms with Crippen molar-refractivity contribution in [2.45, 2.75) is 19.0 Å². The van der Waals surface area contributed by atoms with Gasteiger partial charge in [0.25, 0.3) is 0 Å². The molecule has 0 radical (unpaired) electrons. The molecule has 20 heavy (non-hydrogen) atoms. The summed E-state index contributed by atoms with van der Waals surface area (Å²) in [6.45, 7) is 1.54. The number of alkyl halides is 3. The third-order valence-electron chi connectivity index (χ3n) is 2.90. The first-order chi connectivity index (χ1) is 9.49. The van der Waals surface area contributed by atoms with E-state index in [1.54, 1.807) is 0 Å². The minimum Gasteiger partial charge on any atom is -0.379 e. The van der Waals surface area contributed by atoms with E-state index in [0.29, 0.717) is 25.7 Å². The Hall–Kier alpha value is -1.54. The lowest BCUT2D eigenvalue weighted by Crippen LogP contribution is -2.16. The molecule has 1 aliphatic carbocycles. The smallest absolute Gasteiger partial charge is 0.379 e. The Bertz CT molecular complexity index is 449. The molecule has 1 saturated carbocycles. The first-order valence-corrected chi connectivity index (χ1v) is 6.36. The summed E-state index contributed by atoms with van der Waals surface area (Å²) in [5, 5.41) is 2.79. The van der Waals surface area contributed by atoms with Crippen molar-refractivity contribution >= 4 is 11.6 Å². The highest BCUT2D eigenvalue weighted by atomic mass is 19.4. The van der Waals surface area contributed by atoms with Gasteiger partial charge in [0, 0.05) is 13.2 Å². The number of ether oxygens (including phenoxy) is 1. The Balaban J connectivity index is 1.88. The molecule has 0 unspecified atom stereocenters. The van der Waals surface area contributed by atoms with Crippen molar-refractivity contribution in [2.75, 3.05) is 30.5 Å². The van der Waals surface area contributed by atoms with Crippen LogP contribution in [0.25, 0.3) is 0 Å². The molecule has 4 N–H and O–H groups in total. The van der Waals surface area contributed by atoms with E-state index in [1.807, 2.05) is 0 Å². The number of nitrogens with zero attached hydrogens (tertiary/aromatic N) is 1. The molecule has 1 fully saturated rings. The highest BCUT2D eigenvalue weighted by molar-refractivity contribution is 5.49. The van der Waals surface area contributed by atoms with Gasteiger partial charge in [-0.15, -0.1) is 0 Å². The zero-order chi connectivity index (χ0) is 14.6. The molecule has 0 saturated heterocycles. The predicted octanol–water partition coefficient (Wildman–Crippen LogP) is 2.22. The van der Waals surface area contributed by atoms with Gasteiger partial charge in [-0.3, -0.25) is 0 Å². The molecule has 0 aliphatic heterocycles. The van der Waals surface area contributed by atoms with Gasteiger partial charge in [0.15, 0.2) is 0 Å². The maximum atomic E-state index is 12.7. The highest BCUT2D eigenvalue weighted by Gasteiger charge is 2.31. The molecule has 0 aromatic carbocycles. The van der Waals surface area contributed by atoms with Crippen LogP contribution in [0.5, 0.6) is 0 Å². The second kappa shape index (κ2) is 6.27. The standard InChI is InChI=1S/C12H17F3N4O/c13-12(14,15)9-5-10(18-11(6-9)19-16)17-3-4-20-7-8-1-2-8/h5-6,8H,1-4,7,16H2,(H2,17,18,19). The van der Waals surface area contributed by atoms with Crippen molar-refractivity contribution in [1.29, 1.82) is 0 Å². The van der Waals surface area contributed by atoms with E-state index in [0.717, 1.165) is 12.1 Å². The summed E-state index contributed by atoms with van der Waals surface area (Å²) in [5.41, 5.74) is 1.32. The van der Waals surface area contributed by atoms with Gasteiger partial charge in [-0.1, -0.05) is 0 Å². The van der Waals surface area contributed by atoms with Gasteiger partial charge >= 0.3 is 6.18 Å². The van der Waals surface area contributed by atoms with Crippen LogP contribution in [0.2, 0.25) is 0 Å². The first-order valence-electron chi connectivity index (χ1n) is 6.36. The lowest BCUT2D eigenvalue weighted by molar-refractivity contribution is -0.137. The van der Waals surface area contributed by atoms with Crippen molar-refractivity contribution in [2.24, 2.45) is 11.8 Å². The van der Waals surface area contributed by atoms with Gasteiger partial charge in [-0.25, -0.2) is 10.8 Å². The van der Waals surface area contributed by atoms with Crippen LogP contribution in [0.3, 0.4) is 0 Å². The van der Waals surface area contributed by atoms with E-state index in [4.69, 9.17) is 10.6 Å². The summed E-state index contributed by atoms with van der Waals surface area (Å²) in [5.74, 6) is 5.85. The maximum Gasteiger partial charge on any atom is 0.416 e. The normalized spacial score (nSPS) is 15.2. The quantitative estimate of drug-likeness (QED) is 0.408. The number of nitrogens with one attached hydrogen (secondary N) is 2. The van der Waals surface area contributed by atoms with Gasteiger partial charge in [0.2, 0.25) is 0 Å². The molecule has 0 atom stereocenters. The molecule has 112 valence electrons. The van der Waals surface area contributed by atoms with Crippen molar-refractivity contribution in [3.63, 3.8) is 0 Å². The zero-order valence-electron chi connectivity index (χ0n) is 10.8. The lowest BCUT2D eigenvalue weighted by atomic mass is 10.2. The molecule has 5 nitrogen and oxygen atoms in total. The number of hydrazine groups is 1. The molecule has 1 heterocycles. The van der Waals surface area contributed by atoms with Crippen LogP contribution in [0.15, 0.2) is 12.1 Å². The van der Waals surface area contributed by atoms with E-state index in [1.165, 1.54) is 12.8 Å². The van der Waals surface area contributed by atoms with Crippen molar-refractivity contribution in [3.8, 4) is 0 Å². The summed E-state index contributed by atoms with van der Waals surface area (Å²) < 4.78 is 43.4. The molecule has 2 rings (SSSR count). The second-order valence-corrected chi connectivity index (χ2v) is 4.71. The third kappa shape index (κ3) is 4.53. The summed E-state index contributed by atoms with van der Waals surface area (Å²) in [7, 11) is 0. The molecule has 0 spiro atoms. The zero-order valence-corrected chi connectivity index (χ0v) is 10.8. The summed E-state index contributed by atoms with van der Waals surface area (Å²) in [6.07, 6.45) is -2.03. The number of pyridine rings is 1. The molecule has 1 aromatic heterocycles.